The lowest BCUT2D eigenvalue weighted by molar-refractivity contribution is -0.129. The molecule has 0 saturated carbocycles. The van der Waals surface area contributed by atoms with Crippen LogP contribution in [0.15, 0.2) is 29.2 Å². The van der Waals surface area contributed by atoms with Gasteiger partial charge >= 0.3 is 0 Å². The Bertz CT molecular complexity index is 913. The van der Waals surface area contributed by atoms with Crippen molar-refractivity contribution in [2.75, 3.05) is 17.6 Å². The Morgan fingerprint density at radius 2 is 2.07 bits per heavy atom. The van der Waals surface area contributed by atoms with Gasteiger partial charge in [0.25, 0.3) is 0 Å². The second kappa shape index (κ2) is 9.26. The first-order chi connectivity index (χ1) is 13.5. The first-order valence-electron chi connectivity index (χ1n) is 9.27. The van der Waals surface area contributed by atoms with Crippen LogP contribution in [-0.2, 0) is 22.6 Å². The minimum absolute atomic E-state index is 0.0363. The number of fused-ring (bicyclic) bond motifs is 1. The second-order valence-corrected chi connectivity index (χ2v) is 9.10. The van der Waals surface area contributed by atoms with Gasteiger partial charge in [-0.25, -0.2) is 0 Å². The van der Waals surface area contributed by atoms with Gasteiger partial charge in [-0.3, -0.25) is 9.59 Å². The zero-order valence-corrected chi connectivity index (χ0v) is 17.7. The van der Waals surface area contributed by atoms with Crippen LogP contribution in [0.3, 0.4) is 0 Å². The number of hydrogen-bond acceptors (Lipinski definition) is 5. The normalized spacial score (nSPS) is 13.0. The summed E-state index contributed by atoms with van der Waals surface area (Å²) in [4.78, 5) is 27.9. The van der Waals surface area contributed by atoms with Crippen molar-refractivity contribution in [3.63, 3.8) is 0 Å². The van der Waals surface area contributed by atoms with E-state index in [1.807, 2.05) is 0 Å². The molecule has 0 fully saturated rings. The van der Waals surface area contributed by atoms with Crippen molar-refractivity contribution in [2.24, 2.45) is 0 Å². The van der Waals surface area contributed by atoms with Crippen LogP contribution in [0, 0.1) is 18.3 Å². The van der Waals surface area contributed by atoms with E-state index >= 15 is 0 Å². The summed E-state index contributed by atoms with van der Waals surface area (Å²) in [6.45, 7) is 4.76. The van der Waals surface area contributed by atoms with Crippen molar-refractivity contribution >= 4 is 39.9 Å². The molecular weight excluding hydrogens is 390 g/mol. The van der Waals surface area contributed by atoms with Crippen LogP contribution in [0.1, 0.15) is 41.3 Å². The van der Waals surface area contributed by atoms with E-state index in [4.69, 9.17) is 0 Å². The average molecular weight is 414 g/mol. The minimum atomic E-state index is -0.0666. The predicted molar refractivity (Wildman–Crippen MR) is 114 cm³/mol. The summed E-state index contributed by atoms with van der Waals surface area (Å²) >= 11 is 3.16. The number of aryl methyl sites for hydroxylation is 1. The number of nitrogens with zero attached hydrogens (tertiary/aromatic N) is 2. The van der Waals surface area contributed by atoms with E-state index in [-0.39, 0.29) is 11.8 Å². The van der Waals surface area contributed by atoms with E-state index in [0.29, 0.717) is 36.5 Å². The van der Waals surface area contributed by atoms with E-state index in [1.54, 1.807) is 23.6 Å². The maximum absolute atomic E-state index is 12.3. The highest BCUT2D eigenvalue weighted by Gasteiger charge is 2.26. The number of amides is 2. The fourth-order valence-electron chi connectivity index (χ4n) is 3.12. The molecule has 0 spiro atoms. The SMILES string of the molecule is CC(=O)N1CCc2c(sc(NC(=O)CCCSc3ccc(C)cc3)c2C#N)C1. The van der Waals surface area contributed by atoms with Crippen LogP contribution in [0.5, 0.6) is 0 Å². The molecule has 1 aliphatic rings. The molecule has 0 unspecified atom stereocenters. The highest BCUT2D eigenvalue weighted by atomic mass is 32.2. The summed E-state index contributed by atoms with van der Waals surface area (Å²) in [6.07, 6.45) is 1.86. The molecule has 1 aliphatic heterocycles. The van der Waals surface area contributed by atoms with Gasteiger partial charge < -0.3 is 10.2 Å². The molecule has 146 valence electrons. The van der Waals surface area contributed by atoms with Gasteiger partial charge in [-0.2, -0.15) is 5.26 Å². The largest absolute Gasteiger partial charge is 0.337 e. The van der Waals surface area contributed by atoms with Crippen molar-refractivity contribution in [1.29, 1.82) is 5.26 Å². The molecule has 0 atom stereocenters. The third-order valence-corrected chi connectivity index (χ3v) is 6.94. The maximum atomic E-state index is 12.3. The molecular formula is C21H23N3O2S2. The van der Waals surface area contributed by atoms with E-state index in [0.717, 1.165) is 22.6 Å². The summed E-state index contributed by atoms with van der Waals surface area (Å²) in [5, 5.41) is 13.1. The number of anilines is 1. The number of benzene rings is 1. The fraction of sp³-hybridized carbons (Fsp3) is 0.381. The standard InChI is InChI=1S/C21H23N3O2S2/c1-14-5-7-16(8-6-14)27-11-3-4-20(26)23-21-18(12-22)17-9-10-24(15(2)25)13-19(17)28-21/h5-8H,3-4,9-11,13H2,1-2H3,(H,23,26). The topological polar surface area (TPSA) is 73.2 Å². The van der Waals surface area contributed by atoms with Crippen molar-refractivity contribution < 1.29 is 9.59 Å². The van der Waals surface area contributed by atoms with Gasteiger partial charge in [0, 0.05) is 29.7 Å². The third kappa shape index (κ3) is 4.94. The number of nitriles is 1. The predicted octanol–water partition coefficient (Wildman–Crippen LogP) is 4.34. The lowest BCUT2D eigenvalue weighted by atomic mass is 10.0. The van der Waals surface area contributed by atoms with Gasteiger partial charge in [-0.05, 0) is 43.2 Å². The molecule has 7 heteroatoms. The summed E-state index contributed by atoms with van der Waals surface area (Å²) in [5.41, 5.74) is 2.78. The van der Waals surface area contributed by atoms with E-state index in [2.05, 4.69) is 42.6 Å². The molecule has 1 N–H and O–H groups in total. The highest BCUT2D eigenvalue weighted by Crippen LogP contribution is 2.36. The Labute approximate surface area is 173 Å². The first-order valence-corrected chi connectivity index (χ1v) is 11.1. The molecule has 1 aromatic carbocycles. The van der Waals surface area contributed by atoms with E-state index in [9.17, 15) is 14.9 Å². The zero-order chi connectivity index (χ0) is 20.1. The number of thiophene rings is 1. The molecule has 2 aromatic rings. The van der Waals surface area contributed by atoms with Gasteiger partial charge in [-0.15, -0.1) is 23.1 Å². The van der Waals surface area contributed by atoms with Crippen molar-refractivity contribution in [1.82, 2.24) is 4.90 Å². The molecule has 1 aromatic heterocycles. The monoisotopic (exact) mass is 413 g/mol. The number of thioether (sulfide) groups is 1. The molecule has 0 radical (unpaired) electrons. The lowest BCUT2D eigenvalue weighted by Gasteiger charge is -2.25. The molecule has 3 rings (SSSR count). The smallest absolute Gasteiger partial charge is 0.225 e. The quantitative estimate of drug-likeness (QED) is 0.565. The molecule has 5 nitrogen and oxygen atoms in total. The zero-order valence-electron chi connectivity index (χ0n) is 16.1. The van der Waals surface area contributed by atoms with E-state index < -0.39 is 0 Å². The van der Waals surface area contributed by atoms with Crippen LogP contribution in [0.2, 0.25) is 0 Å². The van der Waals surface area contributed by atoms with Crippen LogP contribution < -0.4 is 5.32 Å². The summed E-state index contributed by atoms with van der Waals surface area (Å²) < 4.78 is 0. The molecule has 0 saturated heterocycles. The number of nitrogens with one attached hydrogen (secondary N) is 1. The van der Waals surface area contributed by atoms with Gasteiger partial charge in [0.2, 0.25) is 11.8 Å². The van der Waals surface area contributed by atoms with Crippen LogP contribution >= 0.6 is 23.1 Å². The molecule has 2 amide bonds. The van der Waals surface area contributed by atoms with Crippen molar-refractivity contribution in [3.8, 4) is 6.07 Å². The highest BCUT2D eigenvalue weighted by molar-refractivity contribution is 7.99. The summed E-state index contributed by atoms with van der Waals surface area (Å²) in [6, 6.07) is 10.6. The maximum Gasteiger partial charge on any atom is 0.225 e. The summed E-state index contributed by atoms with van der Waals surface area (Å²) in [7, 11) is 0. The van der Waals surface area contributed by atoms with Gasteiger partial charge in [0.15, 0.2) is 0 Å². The Morgan fingerprint density at radius 3 is 2.75 bits per heavy atom. The second-order valence-electron chi connectivity index (χ2n) is 6.82. The number of hydrogen-bond donors (Lipinski definition) is 1. The first kappa shape index (κ1) is 20.4. The molecule has 0 bridgehead atoms. The van der Waals surface area contributed by atoms with Crippen LogP contribution in [0.25, 0.3) is 0 Å². The third-order valence-electron chi connectivity index (χ3n) is 4.70. The van der Waals surface area contributed by atoms with Crippen LogP contribution in [0.4, 0.5) is 5.00 Å². The number of carbonyl (C=O) groups is 2. The van der Waals surface area contributed by atoms with Crippen LogP contribution in [-0.4, -0.2) is 29.0 Å². The van der Waals surface area contributed by atoms with Gasteiger partial charge in [0.1, 0.15) is 11.1 Å². The van der Waals surface area contributed by atoms with Gasteiger partial charge in [0.05, 0.1) is 12.1 Å². The molecule has 0 aliphatic carbocycles. The Kier molecular flexibility index (Phi) is 6.76. The Morgan fingerprint density at radius 1 is 1.32 bits per heavy atom. The van der Waals surface area contributed by atoms with E-state index in [1.165, 1.54) is 21.8 Å². The fourth-order valence-corrected chi connectivity index (χ4v) is 5.21. The van der Waals surface area contributed by atoms with Crippen molar-refractivity contribution in [3.05, 3.63) is 45.8 Å². The minimum Gasteiger partial charge on any atom is -0.337 e. The van der Waals surface area contributed by atoms with Crippen molar-refractivity contribution in [2.45, 2.75) is 44.6 Å². The Balaban J connectivity index is 1.53. The number of carbonyl (C=O) groups excluding carboxylic acids is 2. The molecule has 28 heavy (non-hydrogen) atoms. The molecule has 2 heterocycles. The summed E-state index contributed by atoms with van der Waals surface area (Å²) in [5.74, 6) is 0.841. The Hall–Kier alpha value is -2.30. The van der Waals surface area contributed by atoms with Gasteiger partial charge in [-0.1, -0.05) is 17.7 Å². The number of rotatable bonds is 6. The average Bonchev–Trinajstić information content (AvgIpc) is 3.02. The lowest BCUT2D eigenvalue weighted by Crippen LogP contribution is -2.33.